The Balaban J connectivity index is 1.83. The van der Waals surface area contributed by atoms with Gasteiger partial charge in [-0.2, -0.15) is 0 Å². The van der Waals surface area contributed by atoms with Crippen LogP contribution in [0.25, 0.3) is 0 Å². The van der Waals surface area contributed by atoms with Gasteiger partial charge in [-0.15, -0.1) is 0 Å². The number of rotatable bonds is 5. The van der Waals surface area contributed by atoms with Crippen LogP contribution < -0.4 is 0 Å². The van der Waals surface area contributed by atoms with Crippen LogP contribution in [0.3, 0.4) is 0 Å². The van der Waals surface area contributed by atoms with Gasteiger partial charge in [0, 0.05) is 0 Å². The van der Waals surface area contributed by atoms with Gasteiger partial charge in [-0.3, -0.25) is 4.79 Å². The van der Waals surface area contributed by atoms with E-state index in [4.69, 9.17) is 9.47 Å². The molecule has 0 bridgehead atoms. The quantitative estimate of drug-likeness (QED) is 0.779. The molecule has 0 amide bonds. The Bertz CT molecular complexity index is 376. The van der Waals surface area contributed by atoms with Crippen LogP contribution in [-0.2, 0) is 20.9 Å². The maximum Gasteiger partial charge on any atom is 0.306 e. The predicted molar refractivity (Wildman–Crippen MR) is 61.2 cm³/mol. The minimum atomic E-state index is -0.550. The van der Waals surface area contributed by atoms with E-state index < -0.39 is 5.41 Å². The van der Waals surface area contributed by atoms with E-state index in [1.807, 2.05) is 30.3 Å². The number of carbonyl (C=O) groups is 1. The molecule has 0 aliphatic carbocycles. The van der Waals surface area contributed by atoms with E-state index in [0.717, 1.165) is 5.56 Å². The first-order valence-electron chi connectivity index (χ1n) is 5.62. The van der Waals surface area contributed by atoms with Crippen molar-refractivity contribution in [2.75, 3.05) is 19.8 Å². The lowest BCUT2D eigenvalue weighted by molar-refractivity contribution is -0.137. The Hall–Kier alpha value is -1.39. The second-order valence-electron chi connectivity index (χ2n) is 4.47. The molecule has 4 heteroatoms. The highest BCUT2D eigenvalue weighted by Crippen LogP contribution is 2.29. The molecule has 0 radical (unpaired) electrons. The van der Waals surface area contributed by atoms with Crippen molar-refractivity contribution < 1.29 is 19.4 Å². The van der Waals surface area contributed by atoms with Gasteiger partial charge >= 0.3 is 5.97 Å². The summed E-state index contributed by atoms with van der Waals surface area (Å²) in [7, 11) is 0. The van der Waals surface area contributed by atoms with Crippen LogP contribution in [0.1, 0.15) is 12.0 Å². The van der Waals surface area contributed by atoms with Crippen molar-refractivity contribution in [2.24, 2.45) is 5.41 Å². The van der Waals surface area contributed by atoms with Crippen LogP contribution in [0.15, 0.2) is 30.3 Å². The Morgan fingerprint density at radius 2 is 2.12 bits per heavy atom. The van der Waals surface area contributed by atoms with Crippen LogP contribution in [0.5, 0.6) is 0 Å². The lowest BCUT2D eigenvalue weighted by Gasteiger charge is -2.22. The first kappa shape index (κ1) is 12.1. The molecule has 1 unspecified atom stereocenters. The van der Waals surface area contributed by atoms with Crippen molar-refractivity contribution in [1.82, 2.24) is 0 Å². The van der Waals surface area contributed by atoms with Crippen molar-refractivity contribution in [2.45, 2.75) is 13.0 Å². The summed E-state index contributed by atoms with van der Waals surface area (Å²) in [6, 6.07) is 9.79. The average Bonchev–Trinajstić information content (AvgIpc) is 2.73. The molecule has 1 saturated heterocycles. The molecule has 0 spiro atoms. The zero-order valence-corrected chi connectivity index (χ0v) is 9.59. The number of esters is 1. The second kappa shape index (κ2) is 5.29. The van der Waals surface area contributed by atoms with Crippen LogP contribution in [0.4, 0.5) is 0 Å². The smallest absolute Gasteiger partial charge is 0.306 e. The molecule has 1 fully saturated rings. The summed E-state index contributed by atoms with van der Waals surface area (Å²) in [5.41, 5.74) is 0.525. The van der Waals surface area contributed by atoms with Gasteiger partial charge < -0.3 is 14.6 Å². The third-order valence-corrected chi connectivity index (χ3v) is 2.91. The maximum atomic E-state index is 11.1. The predicted octanol–water partition coefficient (Wildman–Crippen LogP) is 1.13. The Kier molecular flexibility index (Phi) is 3.76. The summed E-state index contributed by atoms with van der Waals surface area (Å²) >= 11 is 0. The van der Waals surface area contributed by atoms with Gasteiger partial charge in [0.1, 0.15) is 6.61 Å². The summed E-state index contributed by atoms with van der Waals surface area (Å²) in [5, 5.41) is 9.32. The van der Waals surface area contributed by atoms with E-state index in [-0.39, 0.29) is 25.6 Å². The number of hydrogen-bond acceptors (Lipinski definition) is 4. The lowest BCUT2D eigenvalue weighted by atomic mass is 9.89. The maximum absolute atomic E-state index is 11.1. The summed E-state index contributed by atoms with van der Waals surface area (Å²) < 4.78 is 10.4. The molecule has 17 heavy (non-hydrogen) atoms. The molecule has 1 aliphatic rings. The summed E-state index contributed by atoms with van der Waals surface area (Å²) in [6.07, 6.45) is 0.234. The van der Waals surface area contributed by atoms with Crippen LogP contribution in [-0.4, -0.2) is 30.9 Å². The molecule has 1 aromatic rings. The SMILES string of the molecule is O=C1CC(CO)(COCc2ccccc2)CO1. The molecule has 0 aromatic heterocycles. The number of aliphatic hydroxyl groups excluding tert-OH is 1. The number of cyclic esters (lactones) is 1. The fraction of sp³-hybridized carbons (Fsp3) is 0.462. The van der Waals surface area contributed by atoms with Gasteiger partial charge in [0.2, 0.25) is 0 Å². The molecule has 1 N–H and O–H groups in total. The molecular formula is C13H16O4. The molecule has 1 heterocycles. The third kappa shape index (κ3) is 3.05. The van der Waals surface area contributed by atoms with Gasteiger partial charge in [0.15, 0.2) is 0 Å². The normalized spacial score (nSPS) is 23.7. The number of ether oxygens (including phenoxy) is 2. The van der Waals surface area contributed by atoms with Crippen molar-refractivity contribution >= 4 is 5.97 Å². The number of carbonyl (C=O) groups excluding carboxylic acids is 1. The largest absolute Gasteiger partial charge is 0.465 e. The van der Waals surface area contributed by atoms with Crippen molar-refractivity contribution in [3.05, 3.63) is 35.9 Å². The van der Waals surface area contributed by atoms with Crippen molar-refractivity contribution in [3.63, 3.8) is 0 Å². The highest BCUT2D eigenvalue weighted by molar-refractivity contribution is 5.72. The molecule has 0 saturated carbocycles. The van der Waals surface area contributed by atoms with Gasteiger partial charge in [-0.25, -0.2) is 0 Å². The van der Waals surface area contributed by atoms with E-state index in [9.17, 15) is 9.90 Å². The zero-order chi connectivity index (χ0) is 12.1. The summed E-state index contributed by atoms with van der Waals surface area (Å²) in [5.74, 6) is -0.262. The van der Waals surface area contributed by atoms with Gasteiger partial charge in [0.05, 0.1) is 31.7 Å². The van der Waals surface area contributed by atoms with E-state index >= 15 is 0 Å². The standard InChI is InChI=1S/C13H16O4/c14-8-13(6-12(15)17-10-13)9-16-7-11-4-2-1-3-5-11/h1-5,14H,6-10H2. The van der Waals surface area contributed by atoms with E-state index in [1.165, 1.54) is 0 Å². The minimum Gasteiger partial charge on any atom is -0.465 e. The van der Waals surface area contributed by atoms with Crippen LogP contribution in [0, 0.1) is 5.41 Å². The Labute approximate surface area is 100 Å². The molecule has 1 aliphatic heterocycles. The molecule has 2 rings (SSSR count). The highest BCUT2D eigenvalue weighted by Gasteiger charge is 2.40. The molecule has 1 atom stereocenters. The molecule has 92 valence electrons. The first-order valence-corrected chi connectivity index (χ1v) is 5.62. The fourth-order valence-corrected chi connectivity index (χ4v) is 1.84. The first-order chi connectivity index (χ1) is 8.24. The lowest BCUT2D eigenvalue weighted by Crippen LogP contribution is -2.31. The van der Waals surface area contributed by atoms with E-state index in [2.05, 4.69) is 0 Å². The summed E-state index contributed by atoms with van der Waals surface area (Å²) in [4.78, 5) is 11.1. The minimum absolute atomic E-state index is 0.0898. The van der Waals surface area contributed by atoms with Gasteiger partial charge in [-0.05, 0) is 5.56 Å². The topological polar surface area (TPSA) is 55.8 Å². The Morgan fingerprint density at radius 1 is 1.35 bits per heavy atom. The highest BCUT2D eigenvalue weighted by atomic mass is 16.5. The fourth-order valence-electron chi connectivity index (χ4n) is 1.84. The number of aliphatic hydroxyl groups is 1. The molecule has 4 nitrogen and oxygen atoms in total. The van der Waals surface area contributed by atoms with Crippen molar-refractivity contribution in [3.8, 4) is 0 Å². The molecule has 1 aromatic carbocycles. The monoisotopic (exact) mass is 236 g/mol. The number of hydrogen-bond donors (Lipinski definition) is 1. The van der Waals surface area contributed by atoms with Crippen LogP contribution >= 0.6 is 0 Å². The van der Waals surface area contributed by atoms with Crippen LogP contribution in [0.2, 0.25) is 0 Å². The average molecular weight is 236 g/mol. The second-order valence-corrected chi connectivity index (χ2v) is 4.47. The number of benzene rings is 1. The van der Waals surface area contributed by atoms with E-state index in [1.54, 1.807) is 0 Å². The summed E-state index contributed by atoms with van der Waals surface area (Å²) in [6.45, 7) is 0.978. The van der Waals surface area contributed by atoms with E-state index in [0.29, 0.717) is 13.2 Å². The molecular weight excluding hydrogens is 220 g/mol. The van der Waals surface area contributed by atoms with Gasteiger partial charge in [-0.1, -0.05) is 30.3 Å². The third-order valence-electron chi connectivity index (χ3n) is 2.91. The Morgan fingerprint density at radius 3 is 2.71 bits per heavy atom. The zero-order valence-electron chi connectivity index (χ0n) is 9.59. The van der Waals surface area contributed by atoms with Gasteiger partial charge in [0.25, 0.3) is 0 Å². The van der Waals surface area contributed by atoms with Crippen molar-refractivity contribution in [1.29, 1.82) is 0 Å².